The van der Waals surface area contributed by atoms with E-state index in [1.54, 1.807) is 12.1 Å². The summed E-state index contributed by atoms with van der Waals surface area (Å²) < 4.78 is 38.9. The standard InChI is InChI=1S/C27H31N3O5S/c1-21(14-15-22-10-6-4-7-11-22)28-29-27(31)20-30(19-23-12-8-5-9-13-23)36(32,33)26-17-16-24(34-2)18-25(26)35-3/h4-13,16-18H,14-15,19-20H2,1-3H3,(H,29,31)/b28-21-. The highest BCUT2D eigenvalue weighted by Gasteiger charge is 2.30. The van der Waals surface area contributed by atoms with Gasteiger partial charge in [-0.15, -0.1) is 0 Å². The summed E-state index contributed by atoms with van der Waals surface area (Å²) in [5.41, 5.74) is 5.15. The number of ether oxygens (including phenoxy) is 2. The first kappa shape index (κ1) is 26.9. The van der Waals surface area contributed by atoms with Gasteiger partial charge in [-0.05, 0) is 43.0 Å². The number of hydrogen-bond acceptors (Lipinski definition) is 6. The minimum Gasteiger partial charge on any atom is -0.497 e. The van der Waals surface area contributed by atoms with E-state index in [0.717, 1.165) is 22.0 Å². The number of carbonyl (C=O) groups is 1. The van der Waals surface area contributed by atoms with Crippen molar-refractivity contribution >= 4 is 21.6 Å². The Morgan fingerprint density at radius 1 is 0.917 bits per heavy atom. The van der Waals surface area contributed by atoms with E-state index in [-0.39, 0.29) is 17.2 Å². The zero-order valence-corrected chi connectivity index (χ0v) is 21.5. The number of carbonyl (C=O) groups excluding carboxylic acids is 1. The van der Waals surface area contributed by atoms with Gasteiger partial charge >= 0.3 is 0 Å². The number of methoxy groups -OCH3 is 2. The van der Waals surface area contributed by atoms with Crippen LogP contribution in [0.15, 0.2) is 88.9 Å². The molecule has 0 fully saturated rings. The predicted molar refractivity (Wildman–Crippen MR) is 140 cm³/mol. The molecule has 0 saturated heterocycles. The van der Waals surface area contributed by atoms with Crippen LogP contribution in [-0.4, -0.2) is 45.1 Å². The first-order valence-corrected chi connectivity index (χ1v) is 12.9. The Morgan fingerprint density at radius 2 is 1.56 bits per heavy atom. The molecule has 0 heterocycles. The van der Waals surface area contributed by atoms with E-state index < -0.39 is 22.5 Å². The number of nitrogens with zero attached hydrogens (tertiary/aromatic N) is 2. The molecule has 0 aromatic heterocycles. The number of hydrogen-bond donors (Lipinski definition) is 1. The Labute approximate surface area is 212 Å². The molecular formula is C27H31N3O5S. The molecule has 3 rings (SSSR count). The molecule has 8 nitrogen and oxygen atoms in total. The molecule has 0 radical (unpaired) electrons. The van der Waals surface area contributed by atoms with Gasteiger partial charge in [-0.3, -0.25) is 4.79 Å². The van der Waals surface area contributed by atoms with E-state index in [9.17, 15) is 13.2 Å². The lowest BCUT2D eigenvalue weighted by molar-refractivity contribution is -0.121. The predicted octanol–water partition coefficient (Wildman–Crippen LogP) is 4.02. The monoisotopic (exact) mass is 509 g/mol. The molecule has 36 heavy (non-hydrogen) atoms. The smallest absolute Gasteiger partial charge is 0.255 e. The van der Waals surface area contributed by atoms with E-state index in [1.807, 2.05) is 55.5 Å². The Bertz CT molecular complexity index is 1280. The third-order valence-corrected chi connectivity index (χ3v) is 7.33. The number of benzene rings is 3. The van der Waals surface area contributed by atoms with Crippen LogP contribution in [0.2, 0.25) is 0 Å². The van der Waals surface area contributed by atoms with E-state index in [1.165, 1.54) is 38.0 Å². The summed E-state index contributed by atoms with van der Waals surface area (Å²) in [4.78, 5) is 12.7. The second kappa shape index (κ2) is 12.9. The highest BCUT2D eigenvalue weighted by Crippen LogP contribution is 2.31. The van der Waals surface area contributed by atoms with Crippen molar-refractivity contribution in [3.05, 3.63) is 90.0 Å². The lowest BCUT2D eigenvalue weighted by atomic mass is 10.1. The van der Waals surface area contributed by atoms with Crippen LogP contribution in [0.4, 0.5) is 0 Å². The Kier molecular flexibility index (Phi) is 9.61. The Morgan fingerprint density at radius 3 is 2.17 bits per heavy atom. The van der Waals surface area contributed by atoms with Gasteiger partial charge in [0.15, 0.2) is 0 Å². The third kappa shape index (κ3) is 7.40. The van der Waals surface area contributed by atoms with Gasteiger partial charge in [0.2, 0.25) is 10.0 Å². The molecule has 0 atom stereocenters. The zero-order chi connectivity index (χ0) is 26.0. The van der Waals surface area contributed by atoms with Gasteiger partial charge in [0.25, 0.3) is 5.91 Å². The average Bonchev–Trinajstić information content (AvgIpc) is 2.91. The molecular weight excluding hydrogens is 478 g/mol. The maximum Gasteiger partial charge on any atom is 0.255 e. The molecule has 9 heteroatoms. The van der Waals surface area contributed by atoms with Gasteiger partial charge in [0.05, 0.1) is 20.8 Å². The number of sulfonamides is 1. The van der Waals surface area contributed by atoms with Crippen molar-refractivity contribution in [2.45, 2.75) is 31.2 Å². The van der Waals surface area contributed by atoms with Crippen LogP contribution >= 0.6 is 0 Å². The van der Waals surface area contributed by atoms with E-state index in [2.05, 4.69) is 10.5 Å². The highest BCUT2D eigenvalue weighted by atomic mass is 32.2. The molecule has 1 amide bonds. The first-order valence-electron chi connectivity index (χ1n) is 11.5. The van der Waals surface area contributed by atoms with Gasteiger partial charge in [-0.25, -0.2) is 13.8 Å². The fourth-order valence-electron chi connectivity index (χ4n) is 3.52. The van der Waals surface area contributed by atoms with Crippen molar-refractivity contribution in [3.63, 3.8) is 0 Å². The minimum absolute atomic E-state index is 0.00246. The molecule has 0 unspecified atom stereocenters. The van der Waals surface area contributed by atoms with Crippen LogP contribution in [-0.2, 0) is 27.8 Å². The Balaban J connectivity index is 1.78. The van der Waals surface area contributed by atoms with Crippen LogP contribution < -0.4 is 14.9 Å². The SMILES string of the molecule is COc1ccc(S(=O)(=O)N(CC(=O)N/N=C(/C)CCc2ccccc2)Cc2ccccc2)c(OC)c1. The van der Waals surface area contributed by atoms with Gasteiger partial charge in [0.1, 0.15) is 16.4 Å². The summed E-state index contributed by atoms with van der Waals surface area (Å²) in [6.45, 7) is 1.41. The fraction of sp³-hybridized carbons (Fsp3) is 0.259. The number of nitrogens with one attached hydrogen (secondary N) is 1. The summed E-state index contributed by atoms with van der Waals surface area (Å²) in [5, 5.41) is 4.16. The van der Waals surface area contributed by atoms with Gasteiger partial charge in [-0.1, -0.05) is 60.7 Å². The molecule has 0 aliphatic rings. The summed E-state index contributed by atoms with van der Waals surface area (Å²) >= 11 is 0. The summed E-state index contributed by atoms with van der Waals surface area (Å²) in [6, 6.07) is 23.5. The largest absolute Gasteiger partial charge is 0.497 e. The van der Waals surface area contributed by atoms with Crippen LogP contribution in [0.5, 0.6) is 11.5 Å². The summed E-state index contributed by atoms with van der Waals surface area (Å²) in [5.74, 6) is 0.0436. The summed E-state index contributed by atoms with van der Waals surface area (Å²) in [7, 11) is -1.24. The minimum atomic E-state index is -4.10. The van der Waals surface area contributed by atoms with Gasteiger partial charge in [0, 0.05) is 18.3 Å². The molecule has 0 spiro atoms. The van der Waals surface area contributed by atoms with E-state index >= 15 is 0 Å². The third-order valence-electron chi connectivity index (χ3n) is 5.50. The lowest BCUT2D eigenvalue weighted by Gasteiger charge is -2.23. The van der Waals surface area contributed by atoms with Crippen molar-refractivity contribution in [1.29, 1.82) is 0 Å². The van der Waals surface area contributed by atoms with Crippen LogP contribution in [0.25, 0.3) is 0 Å². The lowest BCUT2D eigenvalue weighted by Crippen LogP contribution is -2.39. The van der Waals surface area contributed by atoms with Crippen molar-refractivity contribution in [3.8, 4) is 11.5 Å². The Hall–Kier alpha value is -3.69. The highest BCUT2D eigenvalue weighted by molar-refractivity contribution is 7.89. The first-order chi connectivity index (χ1) is 17.3. The number of aryl methyl sites for hydroxylation is 1. The molecule has 190 valence electrons. The number of hydrazone groups is 1. The zero-order valence-electron chi connectivity index (χ0n) is 20.7. The average molecular weight is 510 g/mol. The second-order valence-corrected chi connectivity index (χ2v) is 10.0. The quantitative estimate of drug-likeness (QED) is 0.294. The van der Waals surface area contributed by atoms with Crippen molar-refractivity contribution < 1.29 is 22.7 Å². The molecule has 0 saturated carbocycles. The van der Waals surface area contributed by atoms with Crippen LogP contribution in [0, 0.1) is 0 Å². The van der Waals surface area contributed by atoms with E-state index in [4.69, 9.17) is 9.47 Å². The van der Waals surface area contributed by atoms with Crippen molar-refractivity contribution in [2.24, 2.45) is 5.10 Å². The van der Waals surface area contributed by atoms with Crippen molar-refractivity contribution in [2.75, 3.05) is 20.8 Å². The van der Waals surface area contributed by atoms with E-state index in [0.29, 0.717) is 12.2 Å². The normalized spacial score (nSPS) is 11.8. The van der Waals surface area contributed by atoms with Crippen molar-refractivity contribution in [1.82, 2.24) is 9.73 Å². The molecule has 1 N–H and O–H groups in total. The fourth-order valence-corrected chi connectivity index (χ4v) is 5.04. The maximum absolute atomic E-state index is 13.6. The molecule has 0 bridgehead atoms. The molecule has 3 aromatic rings. The topological polar surface area (TPSA) is 97.3 Å². The van der Waals surface area contributed by atoms with Crippen LogP contribution in [0.1, 0.15) is 24.5 Å². The molecule has 0 aliphatic heterocycles. The second-order valence-electron chi connectivity index (χ2n) is 8.14. The van der Waals surface area contributed by atoms with Gasteiger partial charge in [-0.2, -0.15) is 9.41 Å². The number of amides is 1. The summed E-state index contributed by atoms with van der Waals surface area (Å²) in [6.07, 6.45) is 1.46. The maximum atomic E-state index is 13.6. The molecule has 3 aromatic carbocycles. The molecule has 0 aliphatic carbocycles. The van der Waals surface area contributed by atoms with Crippen LogP contribution in [0.3, 0.4) is 0 Å². The number of rotatable bonds is 12. The van der Waals surface area contributed by atoms with Gasteiger partial charge < -0.3 is 9.47 Å².